The molecule has 0 fully saturated rings. The lowest BCUT2D eigenvalue weighted by molar-refractivity contribution is -0.929. The van der Waals surface area contributed by atoms with Crippen molar-refractivity contribution in [1.82, 2.24) is 0 Å². The highest BCUT2D eigenvalue weighted by Crippen LogP contribution is 2.20. The van der Waals surface area contributed by atoms with E-state index >= 15 is 0 Å². The van der Waals surface area contributed by atoms with Crippen LogP contribution in [-0.4, -0.2) is 63.9 Å². The maximum absolute atomic E-state index is 11.0. The van der Waals surface area contributed by atoms with E-state index in [1.165, 1.54) is 96.3 Å². The van der Waals surface area contributed by atoms with E-state index in [4.69, 9.17) is 15.3 Å². The maximum Gasteiger partial charge on any atom is 0.303 e. The second-order valence-corrected chi connectivity index (χ2v) is 12.1. The summed E-state index contributed by atoms with van der Waals surface area (Å²) >= 11 is 0. The summed E-state index contributed by atoms with van der Waals surface area (Å²) < 4.78 is 0.872. The number of rotatable bonds is 32. The highest BCUT2D eigenvalue weighted by atomic mass is 16.4. The standard InChI is InChI=1S/C33H63NO6/c1-2-3-4-5-6-7-8-9-10-11-12-13-14-15-16-20-27-34(28-21-17-24-31(35)36,29-22-18-25-32(37)38)30-23-19-26-33(39)40/h2-30H2,1H3,(H2-,35,36,37,38,39,40)/p+1. The fourth-order valence-electron chi connectivity index (χ4n) is 5.84. The molecule has 0 saturated carbocycles. The van der Waals surface area contributed by atoms with Gasteiger partial charge in [0.2, 0.25) is 0 Å². The first kappa shape index (κ1) is 38.4. The zero-order valence-electron chi connectivity index (χ0n) is 26.0. The van der Waals surface area contributed by atoms with Crippen LogP contribution in [0.4, 0.5) is 0 Å². The lowest BCUT2D eigenvalue weighted by Crippen LogP contribution is -2.51. The monoisotopic (exact) mass is 570 g/mol. The predicted octanol–water partition coefficient (Wildman–Crippen LogP) is 8.83. The molecule has 0 rings (SSSR count). The van der Waals surface area contributed by atoms with Crippen LogP contribution >= 0.6 is 0 Å². The zero-order valence-corrected chi connectivity index (χ0v) is 26.0. The fraction of sp³-hybridized carbons (Fsp3) is 0.909. The van der Waals surface area contributed by atoms with Crippen LogP contribution in [-0.2, 0) is 14.4 Å². The van der Waals surface area contributed by atoms with Gasteiger partial charge in [-0.3, -0.25) is 14.4 Å². The summed E-state index contributed by atoms with van der Waals surface area (Å²) in [5.41, 5.74) is 0. The second-order valence-electron chi connectivity index (χ2n) is 12.1. The van der Waals surface area contributed by atoms with Crippen LogP contribution in [0.1, 0.15) is 167 Å². The Morgan fingerprint density at radius 1 is 0.375 bits per heavy atom. The van der Waals surface area contributed by atoms with E-state index < -0.39 is 17.9 Å². The number of unbranched alkanes of at least 4 members (excludes halogenated alkanes) is 18. The summed E-state index contributed by atoms with van der Waals surface area (Å²) in [4.78, 5) is 33.0. The van der Waals surface area contributed by atoms with Gasteiger partial charge in [0.25, 0.3) is 0 Å². The molecular formula is C33H64NO6+. The third-order valence-corrected chi connectivity index (χ3v) is 8.31. The SMILES string of the molecule is CCCCCCCCCCCCCCCCCC[N+](CCCCC(=O)O)(CCCCC(=O)O)CCCCC(=O)O. The first-order valence-corrected chi connectivity index (χ1v) is 16.8. The van der Waals surface area contributed by atoms with Crippen LogP contribution in [0.25, 0.3) is 0 Å². The molecule has 0 atom stereocenters. The molecule has 0 unspecified atom stereocenters. The lowest BCUT2D eigenvalue weighted by Gasteiger charge is -2.39. The summed E-state index contributed by atoms with van der Waals surface area (Å²) in [6, 6.07) is 0. The smallest absolute Gasteiger partial charge is 0.303 e. The molecule has 0 aliphatic heterocycles. The van der Waals surface area contributed by atoms with Gasteiger partial charge in [0, 0.05) is 19.3 Å². The van der Waals surface area contributed by atoms with Crippen molar-refractivity contribution >= 4 is 17.9 Å². The number of carbonyl (C=O) groups is 3. The largest absolute Gasteiger partial charge is 0.481 e. The molecule has 0 aliphatic carbocycles. The third-order valence-electron chi connectivity index (χ3n) is 8.31. The number of hydrogen-bond acceptors (Lipinski definition) is 3. The Labute approximate surface area is 245 Å². The summed E-state index contributed by atoms with van der Waals surface area (Å²) in [6.45, 7) is 5.97. The van der Waals surface area contributed by atoms with Crippen molar-refractivity contribution in [1.29, 1.82) is 0 Å². The Hall–Kier alpha value is -1.63. The van der Waals surface area contributed by atoms with E-state index in [0.29, 0.717) is 19.3 Å². The Bertz CT molecular complexity index is 569. The zero-order chi connectivity index (χ0) is 29.7. The minimum atomic E-state index is -0.765. The van der Waals surface area contributed by atoms with E-state index in [0.717, 1.165) is 56.3 Å². The molecule has 0 aromatic rings. The highest BCUT2D eigenvalue weighted by Gasteiger charge is 2.26. The van der Waals surface area contributed by atoms with E-state index in [1.807, 2.05) is 0 Å². The Kier molecular flexibility index (Phi) is 26.4. The topological polar surface area (TPSA) is 112 Å². The van der Waals surface area contributed by atoms with E-state index in [9.17, 15) is 14.4 Å². The lowest BCUT2D eigenvalue weighted by atomic mass is 10.0. The Morgan fingerprint density at radius 2 is 0.600 bits per heavy atom. The molecule has 7 heteroatoms. The minimum absolute atomic E-state index is 0.178. The van der Waals surface area contributed by atoms with Gasteiger partial charge in [-0.1, -0.05) is 96.8 Å². The summed E-state index contributed by atoms with van der Waals surface area (Å²) in [5.74, 6) is -2.29. The molecule has 0 aliphatic rings. The molecule has 0 amide bonds. The van der Waals surface area contributed by atoms with Gasteiger partial charge in [-0.05, 0) is 51.4 Å². The van der Waals surface area contributed by atoms with Gasteiger partial charge in [0.05, 0.1) is 26.2 Å². The van der Waals surface area contributed by atoms with Crippen molar-refractivity contribution < 1.29 is 34.2 Å². The van der Waals surface area contributed by atoms with E-state index in [2.05, 4.69) is 6.92 Å². The fourth-order valence-corrected chi connectivity index (χ4v) is 5.84. The van der Waals surface area contributed by atoms with Crippen LogP contribution in [0.3, 0.4) is 0 Å². The maximum atomic E-state index is 11.0. The van der Waals surface area contributed by atoms with Gasteiger partial charge in [0.1, 0.15) is 0 Å². The molecule has 0 spiro atoms. The average Bonchev–Trinajstić information content (AvgIpc) is 2.91. The molecule has 0 heterocycles. The van der Waals surface area contributed by atoms with Crippen molar-refractivity contribution in [3.05, 3.63) is 0 Å². The average molecular weight is 571 g/mol. The third kappa shape index (κ3) is 26.6. The first-order chi connectivity index (χ1) is 19.3. The molecule has 0 radical (unpaired) electrons. The molecule has 0 bridgehead atoms. The predicted molar refractivity (Wildman–Crippen MR) is 164 cm³/mol. The van der Waals surface area contributed by atoms with Crippen LogP contribution in [0.15, 0.2) is 0 Å². The van der Waals surface area contributed by atoms with Crippen LogP contribution in [0.2, 0.25) is 0 Å². The summed E-state index contributed by atoms with van der Waals surface area (Å²) in [7, 11) is 0. The van der Waals surface area contributed by atoms with Crippen LogP contribution in [0.5, 0.6) is 0 Å². The Morgan fingerprint density at radius 3 is 0.850 bits per heavy atom. The van der Waals surface area contributed by atoms with Crippen molar-refractivity contribution in [3.8, 4) is 0 Å². The normalized spacial score (nSPS) is 11.6. The number of quaternary nitrogens is 1. The Balaban J connectivity index is 4.39. The molecule has 0 aromatic heterocycles. The molecular weight excluding hydrogens is 506 g/mol. The number of carboxylic acids is 3. The van der Waals surface area contributed by atoms with Crippen molar-refractivity contribution in [3.63, 3.8) is 0 Å². The van der Waals surface area contributed by atoms with Gasteiger partial charge < -0.3 is 19.8 Å². The summed E-state index contributed by atoms with van der Waals surface area (Å²) in [6.07, 6.45) is 26.4. The van der Waals surface area contributed by atoms with Crippen molar-refractivity contribution in [2.75, 3.05) is 26.2 Å². The molecule has 3 N–H and O–H groups in total. The summed E-state index contributed by atoms with van der Waals surface area (Å²) in [5, 5.41) is 27.1. The molecule has 236 valence electrons. The van der Waals surface area contributed by atoms with Gasteiger partial charge in [-0.25, -0.2) is 0 Å². The van der Waals surface area contributed by atoms with Crippen molar-refractivity contribution in [2.45, 2.75) is 167 Å². The first-order valence-electron chi connectivity index (χ1n) is 16.8. The van der Waals surface area contributed by atoms with Gasteiger partial charge in [-0.15, -0.1) is 0 Å². The van der Waals surface area contributed by atoms with Crippen LogP contribution in [0, 0.1) is 0 Å². The number of hydrogen-bond donors (Lipinski definition) is 3. The van der Waals surface area contributed by atoms with Gasteiger partial charge >= 0.3 is 17.9 Å². The molecule has 0 aromatic carbocycles. The number of nitrogens with zero attached hydrogens (tertiary/aromatic N) is 1. The molecule has 0 saturated heterocycles. The van der Waals surface area contributed by atoms with Gasteiger partial charge in [-0.2, -0.15) is 0 Å². The second kappa shape index (κ2) is 27.5. The quantitative estimate of drug-likeness (QED) is 0.0550. The van der Waals surface area contributed by atoms with Gasteiger partial charge in [0.15, 0.2) is 0 Å². The van der Waals surface area contributed by atoms with E-state index in [-0.39, 0.29) is 19.3 Å². The molecule has 40 heavy (non-hydrogen) atoms. The van der Waals surface area contributed by atoms with Crippen molar-refractivity contribution in [2.24, 2.45) is 0 Å². The highest BCUT2D eigenvalue weighted by molar-refractivity contribution is 5.67. The number of aliphatic carboxylic acids is 3. The minimum Gasteiger partial charge on any atom is -0.481 e. The molecule has 7 nitrogen and oxygen atoms in total. The number of carboxylic acid groups (broad SMARTS) is 3. The van der Waals surface area contributed by atoms with Crippen LogP contribution < -0.4 is 0 Å². The van der Waals surface area contributed by atoms with E-state index in [1.54, 1.807) is 0 Å².